The first kappa shape index (κ1) is 14.3. The van der Waals surface area contributed by atoms with Crippen LogP contribution in [0.1, 0.15) is 6.42 Å². The Hall–Kier alpha value is -2.08. The molecule has 0 spiro atoms. The van der Waals surface area contributed by atoms with Gasteiger partial charge < -0.3 is 19.5 Å². The molecule has 0 aromatic heterocycles. The zero-order valence-corrected chi connectivity index (χ0v) is 11.0. The average Bonchev–Trinajstić information content (AvgIpc) is 2.45. The van der Waals surface area contributed by atoms with Crippen LogP contribution in [0, 0.1) is 0 Å². The summed E-state index contributed by atoms with van der Waals surface area (Å²) in [5.41, 5.74) is 0. The van der Waals surface area contributed by atoms with Gasteiger partial charge in [0.1, 0.15) is 5.75 Å². The summed E-state index contributed by atoms with van der Waals surface area (Å²) in [6.07, 6.45) is -0.537. The molecule has 1 aromatic carbocycles. The molecule has 1 N–H and O–H groups in total. The van der Waals surface area contributed by atoms with Crippen molar-refractivity contribution >= 4 is 11.9 Å². The molecule has 1 amide bonds. The number of rotatable bonds is 5. The molecule has 1 atom stereocenters. The largest absolute Gasteiger partial charge is 0.484 e. The lowest BCUT2D eigenvalue weighted by Gasteiger charge is -2.32. The van der Waals surface area contributed by atoms with Crippen LogP contribution >= 0.6 is 0 Å². The van der Waals surface area contributed by atoms with E-state index in [1.54, 1.807) is 17.0 Å². The van der Waals surface area contributed by atoms with Gasteiger partial charge in [-0.05, 0) is 12.1 Å². The zero-order valence-electron chi connectivity index (χ0n) is 11.0. The van der Waals surface area contributed by atoms with Gasteiger partial charge in [0.15, 0.2) is 6.61 Å². The SMILES string of the molecule is O=C(O)C[C@H]1CN(C(=O)COc2ccccc2)CCO1. The van der Waals surface area contributed by atoms with E-state index in [0.717, 1.165) is 0 Å². The molecule has 0 bridgehead atoms. The number of carbonyl (C=O) groups is 2. The fourth-order valence-electron chi connectivity index (χ4n) is 2.02. The number of hydrogen-bond donors (Lipinski definition) is 1. The second kappa shape index (κ2) is 6.91. The van der Waals surface area contributed by atoms with Crippen molar-refractivity contribution in [1.29, 1.82) is 0 Å². The van der Waals surface area contributed by atoms with Crippen molar-refractivity contribution in [2.45, 2.75) is 12.5 Å². The molecular weight excluding hydrogens is 262 g/mol. The highest BCUT2D eigenvalue weighted by atomic mass is 16.5. The van der Waals surface area contributed by atoms with Crippen molar-refractivity contribution in [3.8, 4) is 5.75 Å². The number of carbonyl (C=O) groups excluding carboxylic acids is 1. The molecule has 0 saturated carbocycles. The van der Waals surface area contributed by atoms with Gasteiger partial charge >= 0.3 is 5.97 Å². The van der Waals surface area contributed by atoms with E-state index in [9.17, 15) is 9.59 Å². The van der Waals surface area contributed by atoms with Crippen LogP contribution in [0.15, 0.2) is 30.3 Å². The molecule has 1 aliphatic rings. The number of nitrogens with zero attached hydrogens (tertiary/aromatic N) is 1. The minimum Gasteiger partial charge on any atom is -0.484 e. The molecule has 1 aliphatic heterocycles. The van der Waals surface area contributed by atoms with E-state index >= 15 is 0 Å². The third-order valence-electron chi connectivity index (χ3n) is 3.00. The standard InChI is InChI=1S/C14H17NO5/c16-13(10-20-11-4-2-1-3-5-11)15-6-7-19-12(9-15)8-14(17)18/h1-5,12H,6-10H2,(H,17,18)/t12-/m0/s1. The summed E-state index contributed by atoms with van der Waals surface area (Å²) in [4.78, 5) is 24.2. The first-order valence-corrected chi connectivity index (χ1v) is 6.44. The summed E-state index contributed by atoms with van der Waals surface area (Å²) in [7, 11) is 0. The summed E-state index contributed by atoms with van der Waals surface area (Å²) in [6, 6.07) is 9.08. The average molecular weight is 279 g/mol. The van der Waals surface area contributed by atoms with Gasteiger partial charge in [-0.1, -0.05) is 18.2 Å². The highest BCUT2D eigenvalue weighted by Gasteiger charge is 2.26. The van der Waals surface area contributed by atoms with E-state index in [-0.39, 0.29) is 18.9 Å². The van der Waals surface area contributed by atoms with Crippen molar-refractivity contribution in [2.24, 2.45) is 0 Å². The maximum absolute atomic E-state index is 12.0. The summed E-state index contributed by atoms with van der Waals surface area (Å²) >= 11 is 0. The normalized spacial score (nSPS) is 18.6. The monoisotopic (exact) mass is 279 g/mol. The van der Waals surface area contributed by atoms with Crippen LogP contribution in [0.4, 0.5) is 0 Å². The topological polar surface area (TPSA) is 76.1 Å². The molecule has 0 unspecified atom stereocenters. The fourth-order valence-corrected chi connectivity index (χ4v) is 2.02. The zero-order chi connectivity index (χ0) is 14.4. The van der Waals surface area contributed by atoms with E-state index in [4.69, 9.17) is 14.6 Å². The van der Waals surface area contributed by atoms with Gasteiger partial charge in [0.05, 0.1) is 19.1 Å². The number of hydrogen-bond acceptors (Lipinski definition) is 4. The Kier molecular flexibility index (Phi) is 4.95. The summed E-state index contributed by atoms with van der Waals surface area (Å²) < 4.78 is 10.7. The van der Waals surface area contributed by atoms with E-state index in [1.165, 1.54) is 0 Å². The first-order chi connectivity index (χ1) is 9.65. The van der Waals surface area contributed by atoms with Crippen LogP contribution in [-0.4, -0.2) is 54.3 Å². The molecule has 0 aliphatic carbocycles. The fraction of sp³-hybridized carbons (Fsp3) is 0.429. The Labute approximate surface area is 116 Å². The molecule has 1 fully saturated rings. The highest BCUT2D eigenvalue weighted by Crippen LogP contribution is 2.11. The third-order valence-corrected chi connectivity index (χ3v) is 3.00. The Morgan fingerprint density at radius 3 is 2.80 bits per heavy atom. The van der Waals surface area contributed by atoms with Crippen LogP contribution in [0.3, 0.4) is 0 Å². The molecule has 20 heavy (non-hydrogen) atoms. The van der Waals surface area contributed by atoms with Crippen LogP contribution in [0.2, 0.25) is 0 Å². The first-order valence-electron chi connectivity index (χ1n) is 6.44. The molecule has 1 heterocycles. The van der Waals surface area contributed by atoms with Crippen LogP contribution in [0.5, 0.6) is 5.75 Å². The molecular formula is C14H17NO5. The number of morpholine rings is 1. The van der Waals surface area contributed by atoms with Gasteiger partial charge in [0, 0.05) is 13.1 Å². The lowest BCUT2D eigenvalue weighted by molar-refractivity contribution is -0.148. The van der Waals surface area contributed by atoms with Crippen molar-refractivity contribution in [3.63, 3.8) is 0 Å². The quantitative estimate of drug-likeness (QED) is 0.861. The Morgan fingerprint density at radius 1 is 1.35 bits per heavy atom. The van der Waals surface area contributed by atoms with Crippen molar-refractivity contribution in [3.05, 3.63) is 30.3 Å². The predicted molar refractivity (Wildman–Crippen MR) is 70.5 cm³/mol. The number of aliphatic carboxylic acids is 1. The van der Waals surface area contributed by atoms with Crippen molar-refractivity contribution in [1.82, 2.24) is 4.90 Å². The van der Waals surface area contributed by atoms with Gasteiger partial charge in [-0.3, -0.25) is 9.59 Å². The van der Waals surface area contributed by atoms with E-state index in [2.05, 4.69) is 0 Å². The van der Waals surface area contributed by atoms with Crippen LogP contribution in [-0.2, 0) is 14.3 Å². The maximum atomic E-state index is 12.0. The molecule has 6 nitrogen and oxygen atoms in total. The summed E-state index contributed by atoms with van der Waals surface area (Å²) in [5.74, 6) is -0.450. The lowest BCUT2D eigenvalue weighted by atomic mass is 10.2. The van der Waals surface area contributed by atoms with Gasteiger partial charge in [-0.25, -0.2) is 0 Å². The third kappa shape index (κ3) is 4.24. The van der Waals surface area contributed by atoms with E-state index in [1.807, 2.05) is 18.2 Å². The summed E-state index contributed by atoms with van der Waals surface area (Å²) in [6.45, 7) is 1.06. The maximum Gasteiger partial charge on any atom is 0.306 e. The van der Waals surface area contributed by atoms with Crippen LogP contribution < -0.4 is 4.74 Å². The number of para-hydroxylation sites is 1. The number of benzene rings is 1. The van der Waals surface area contributed by atoms with Crippen molar-refractivity contribution in [2.75, 3.05) is 26.3 Å². The highest BCUT2D eigenvalue weighted by molar-refractivity contribution is 5.78. The van der Waals surface area contributed by atoms with Gasteiger partial charge in [-0.2, -0.15) is 0 Å². The lowest BCUT2D eigenvalue weighted by Crippen LogP contribution is -2.47. The minimum atomic E-state index is -0.926. The second-order valence-corrected chi connectivity index (χ2v) is 4.53. The van der Waals surface area contributed by atoms with Gasteiger partial charge in [0.2, 0.25) is 0 Å². The van der Waals surface area contributed by atoms with E-state index in [0.29, 0.717) is 25.4 Å². The molecule has 6 heteroatoms. The van der Waals surface area contributed by atoms with E-state index < -0.39 is 12.1 Å². The van der Waals surface area contributed by atoms with Gasteiger partial charge in [0.25, 0.3) is 5.91 Å². The molecule has 1 aromatic rings. The molecule has 2 rings (SSSR count). The Bertz CT molecular complexity index is 462. The molecule has 0 radical (unpaired) electrons. The molecule has 108 valence electrons. The Morgan fingerprint density at radius 2 is 2.10 bits per heavy atom. The van der Waals surface area contributed by atoms with Crippen molar-refractivity contribution < 1.29 is 24.2 Å². The number of carboxylic acid groups (broad SMARTS) is 1. The Balaban J connectivity index is 1.81. The smallest absolute Gasteiger partial charge is 0.306 e. The van der Waals surface area contributed by atoms with Crippen LogP contribution in [0.25, 0.3) is 0 Å². The number of amides is 1. The molecule has 1 saturated heterocycles. The second-order valence-electron chi connectivity index (χ2n) is 4.53. The number of carboxylic acids is 1. The minimum absolute atomic E-state index is 0.0518. The summed E-state index contributed by atoms with van der Waals surface area (Å²) in [5, 5.41) is 8.73. The number of ether oxygens (including phenoxy) is 2. The van der Waals surface area contributed by atoms with Gasteiger partial charge in [-0.15, -0.1) is 0 Å². The predicted octanol–water partition coefficient (Wildman–Crippen LogP) is 0.767.